The van der Waals surface area contributed by atoms with E-state index in [4.69, 9.17) is 0 Å². The molecule has 0 spiro atoms. The number of hydrogen-bond acceptors (Lipinski definition) is 3. The van der Waals surface area contributed by atoms with Crippen LogP contribution in [-0.2, 0) is 6.54 Å². The quantitative estimate of drug-likeness (QED) is 0.823. The molecular formula is C15H23N3S. The van der Waals surface area contributed by atoms with E-state index in [1.54, 1.807) is 11.3 Å². The molecule has 0 aliphatic carbocycles. The number of hydrogen-bond donors (Lipinski definition) is 1. The minimum absolute atomic E-state index is 0.387. The summed E-state index contributed by atoms with van der Waals surface area (Å²) >= 11 is 1.80. The molecule has 3 nitrogen and oxygen atoms in total. The van der Waals surface area contributed by atoms with Crippen LogP contribution in [0.5, 0.6) is 0 Å². The highest BCUT2D eigenvalue weighted by Crippen LogP contribution is 2.19. The second-order valence-electron chi connectivity index (χ2n) is 4.88. The van der Waals surface area contributed by atoms with Crippen molar-refractivity contribution in [2.75, 3.05) is 0 Å². The number of aromatic nitrogens is 2. The average Bonchev–Trinajstić information content (AvgIpc) is 3.09. The van der Waals surface area contributed by atoms with Gasteiger partial charge in [0.05, 0.1) is 11.7 Å². The number of nitrogens with one attached hydrogen (secondary N) is 1. The summed E-state index contributed by atoms with van der Waals surface area (Å²) in [6, 6.07) is 7.30. The third kappa shape index (κ3) is 3.67. The Bertz CT molecular complexity index is 471. The Labute approximate surface area is 119 Å². The molecule has 0 radical (unpaired) electrons. The van der Waals surface area contributed by atoms with Gasteiger partial charge in [0.25, 0.3) is 0 Å². The molecule has 0 aliphatic heterocycles. The lowest BCUT2D eigenvalue weighted by atomic mass is 10.2. The molecule has 0 aromatic carbocycles. The zero-order valence-corrected chi connectivity index (χ0v) is 12.8. The number of nitrogens with zero attached hydrogens (tertiary/aromatic N) is 2. The first-order chi connectivity index (χ1) is 9.24. The van der Waals surface area contributed by atoms with Crippen LogP contribution in [0.1, 0.15) is 56.3 Å². The highest BCUT2D eigenvalue weighted by molar-refractivity contribution is 7.10. The van der Waals surface area contributed by atoms with Gasteiger partial charge in [-0.25, -0.2) is 0 Å². The molecule has 19 heavy (non-hydrogen) atoms. The molecule has 1 atom stereocenters. The lowest BCUT2D eigenvalue weighted by Crippen LogP contribution is -2.18. The molecule has 1 N–H and O–H groups in total. The van der Waals surface area contributed by atoms with Gasteiger partial charge < -0.3 is 5.32 Å². The van der Waals surface area contributed by atoms with Gasteiger partial charge >= 0.3 is 0 Å². The molecule has 0 amide bonds. The SMILES string of the molecule is CCC(CC)n1ccc(CN[C@H](C)c2cccs2)n1. The Balaban J connectivity index is 1.90. The van der Waals surface area contributed by atoms with Crippen molar-refractivity contribution in [3.8, 4) is 0 Å². The van der Waals surface area contributed by atoms with Crippen molar-refractivity contribution in [3.05, 3.63) is 40.3 Å². The zero-order valence-electron chi connectivity index (χ0n) is 12.0. The highest BCUT2D eigenvalue weighted by atomic mass is 32.1. The van der Waals surface area contributed by atoms with Gasteiger partial charge in [-0.2, -0.15) is 5.10 Å². The Hall–Kier alpha value is -1.13. The second-order valence-corrected chi connectivity index (χ2v) is 5.85. The minimum atomic E-state index is 0.387. The van der Waals surface area contributed by atoms with Crippen molar-refractivity contribution < 1.29 is 0 Å². The van der Waals surface area contributed by atoms with E-state index < -0.39 is 0 Å². The largest absolute Gasteiger partial charge is 0.304 e. The molecule has 0 fully saturated rings. The van der Waals surface area contributed by atoms with Crippen molar-refractivity contribution in [1.29, 1.82) is 0 Å². The van der Waals surface area contributed by atoms with Gasteiger partial charge in [-0.15, -0.1) is 11.3 Å². The third-order valence-electron chi connectivity index (χ3n) is 3.54. The molecule has 0 aliphatic rings. The van der Waals surface area contributed by atoms with Gasteiger partial charge in [-0.1, -0.05) is 19.9 Å². The van der Waals surface area contributed by atoms with Crippen molar-refractivity contribution in [1.82, 2.24) is 15.1 Å². The summed E-state index contributed by atoms with van der Waals surface area (Å²) in [5.41, 5.74) is 1.12. The Morgan fingerprint density at radius 1 is 1.32 bits per heavy atom. The molecule has 0 saturated heterocycles. The van der Waals surface area contributed by atoms with Gasteiger partial charge in [0.15, 0.2) is 0 Å². The van der Waals surface area contributed by atoms with Crippen LogP contribution in [0, 0.1) is 0 Å². The minimum Gasteiger partial charge on any atom is -0.304 e. The van der Waals surface area contributed by atoms with E-state index in [0.29, 0.717) is 12.1 Å². The van der Waals surface area contributed by atoms with E-state index in [1.165, 1.54) is 4.88 Å². The predicted octanol–water partition coefficient (Wildman–Crippen LogP) is 4.16. The van der Waals surface area contributed by atoms with Crippen LogP contribution in [0.25, 0.3) is 0 Å². The van der Waals surface area contributed by atoms with E-state index in [2.05, 4.69) is 65.6 Å². The van der Waals surface area contributed by atoms with Crippen LogP contribution in [0.3, 0.4) is 0 Å². The number of thiophene rings is 1. The van der Waals surface area contributed by atoms with Gasteiger partial charge in [0.1, 0.15) is 0 Å². The first-order valence-electron chi connectivity index (χ1n) is 7.05. The lowest BCUT2D eigenvalue weighted by molar-refractivity contribution is 0.423. The average molecular weight is 277 g/mol. The molecule has 0 bridgehead atoms. The van der Waals surface area contributed by atoms with E-state index in [-0.39, 0.29) is 0 Å². The first kappa shape index (κ1) is 14.3. The van der Waals surface area contributed by atoms with Crippen LogP contribution < -0.4 is 5.32 Å². The van der Waals surface area contributed by atoms with E-state index in [1.807, 2.05) is 0 Å². The summed E-state index contributed by atoms with van der Waals surface area (Å²) in [5.74, 6) is 0. The standard InChI is InChI=1S/C15H23N3S/c1-4-14(5-2)18-9-8-13(17-18)11-16-12(3)15-7-6-10-19-15/h6-10,12,14,16H,4-5,11H2,1-3H3/t12-/m1/s1. The van der Waals surface area contributed by atoms with Crippen molar-refractivity contribution in [3.63, 3.8) is 0 Å². The first-order valence-corrected chi connectivity index (χ1v) is 7.93. The smallest absolute Gasteiger partial charge is 0.0762 e. The fourth-order valence-corrected chi connectivity index (χ4v) is 2.99. The van der Waals surface area contributed by atoms with Crippen LogP contribution in [-0.4, -0.2) is 9.78 Å². The van der Waals surface area contributed by atoms with Gasteiger partial charge in [0.2, 0.25) is 0 Å². The Kier molecular flexibility index (Phi) is 5.16. The summed E-state index contributed by atoms with van der Waals surface area (Å²) in [4.78, 5) is 1.37. The molecule has 0 saturated carbocycles. The fraction of sp³-hybridized carbons (Fsp3) is 0.533. The summed E-state index contributed by atoms with van der Waals surface area (Å²) in [6.45, 7) is 7.45. The van der Waals surface area contributed by atoms with Crippen LogP contribution in [0.2, 0.25) is 0 Å². The summed E-state index contributed by atoms with van der Waals surface area (Å²) in [5, 5.41) is 10.3. The van der Waals surface area contributed by atoms with Crippen molar-refractivity contribution in [2.45, 2.75) is 52.2 Å². The Morgan fingerprint density at radius 3 is 2.74 bits per heavy atom. The Morgan fingerprint density at radius 2 is 2.11 bits per heavy atom. The van der Waals surface area contributed by atoms with Gasteiger partial charge in [-0.3, -0.25) is 4.68 Å². The predicted molar refractivity (Wildman–Crippen MR) is 81.4 cm³/mol. The third-order valence-corrected chi connectivity index (χ3v) is 4.59. The van der Waals surface area contributed by atoms with Crippen molar-refractivity contribution >= 4 is 11.3 Å². The summed E-state index contributed by atoms with van der Waals surface area (Å²) in [6.07, 6.45) is 4.37. The van der Waals surface area contributed by atoms with Gasteiger partial charge in [0, 0.05) is 23.7 Å². The molecule has 104 valence electrons. The monoisotopic (exact) mass is 277 g/mol. The fourth-order valence-electron chi connectivity index (χ4n) is 2.23. The molecule has 0 unspecified atom stereocenters. The van der Waals surface area contributed by atoms with E-state index >= 15 is 0 Å². The van der Waals surface area contributed by atoms with Gasteiger partial charge in [-0.05, 0) is 37.3 Å². The maximum atomic E-state index is 4.66. The van der Waals surface area contributed by atoms with Crippen LogP contribution >= 0.6 is 11.3 Å². The maximum absolute atomic E-state index is 4.66. The molecular weight excluding hydrogens is 254 g/mol. The van der Waals surface area contributed by atoms with E-state index in [9.17, 15) is 0 Å². The van der Waals surface area contributed by atoms with Crippen molar-refractivity contribution in [2.24, 2.45) is 0 Å². The molecule has 2 heterocycles. The normalized spacial score (nSPS) is 13.1. The zero-order chi connectivity index (χ0) is 13.7. The maximum Gasteiger partial charge on any atom is 0.0762 e. The molecule has 2 aromatic rings. The summed E-state index contributed by atoms with van der Waals surface area (Å²) in [7, 11) is 0. The second kappa shape index (κ2) is 6.87. The highest BCUT2D eigenvalue weighted by Gasteiger charge is 2.09. The molecule has 2 rings (SSSR count). The summed E-state index contributed by atoms with van der Waals surface area (Å²) < 4.78 is 2.10. The lowest BCUT2D eigenvalue weighted by Gasteiger charge is -2.13. The topological polar surface area (TPSA) is 29.9 Å². The van der Waals surface area contributed by atoms with Crippen LogP contribution in [0.4, 0.5) is 0 Å². The molecule has 2 aromatic heterocycles. The molecule has 4 heteroatoms. The van der Waals surface area contributed by atoms with E-state index in [0.717, 1.165) is 25.1 Å². The van der Waals surface area contributed by atoms with Crippen LogP contribution in [0.15, 0.2) is 29.8 Å². The number of rotatable bonds is 7.